The van der Waals surface area contributed by atoms with Gasteiger partial charge in [0.2, 0.25) is 0 Å². The molecule has 36 heavy (non-hydrogen) atoms. The zero-order chi connectivity index (χ0) is 26.3. The van der Waals surface area contributed by atoms with Crippen LogP contribution in [0.5, 0.6) is 17.2 Å². The van der Waals surface area contributed by atoms with Crippen molar-refractivity contribution >= 4 is 24.0 Å². The van der Waals surface area contributed by atoms with Crippen LogP contribution in [0.1, 0.15) is 30.9 Å². The highest BCUT2D eigenvalue weighted by atomic mass is 16.6. The van der Waals surface area contributed by atoms with E-state index in [1.165, 1.54) is 37.5 Å². The maximum Gasteiger partial charge on any atom is 0.354 e. The summed E-state index contributed by atoms with van der Waals surface area (Å²) in [5.74, 6) is -0.430. The lowest BCUT2D eigenvalue weighted by atomic mass is 10.1. The van der Waals surface area contributed by atoms with Crippen LogP contribution in [-0.2, 0) is 9.59 Å². The van der Waals surface area contributed by atoms with Crippen molar-refractivity contribution in [2.75, 3.05) is 20.3 Å². The number of esters is 1. The molecule has 0 atom stereocenters. The minimum atomic E-state index is -0.858. The Morgan fingerprint density at radius 2 is 1.67 bits per heavy atom. The minimum Gasteiger partial charge on any atom is -0.494 e. The van der Waals surface area contributed by atoms with E-state index in [0.29, 0.717) is 23.5 Å². The molecule has 0 aliphatic rings. The number of methoxy groups -OCH3 is 1. The zero-order valence-electron chi connectivity index (χ0n) is 20.2. The van der Waals surface area contributed by atoms with E-state index in [-0.39, 0.29) is 29.2 Å². The normalized spacial score (nSPS) is 11.0. The van der Waals surface area contributed by atoms with E-state index < -0.39 is 11.9 Å². The predicted octanol–water partition coefficient (Wildman–Crippen LogP) is 4.60. The summed E-state index contributed by atoms with van der Waals surface area (Å²) in [6, 6.07) is 15.2. The molecule has 0 saturated carbocycles. The first-order chi connectivity index (χ1) is 17.4. The Morgan fingerprint density at radius 1 is 1.00 bits per heavy atom. The lowest BCUT2D eigenvalue weighted by molar-refractivity contribution is -0.129. The molecule has 2 rings (SSSR count). The Balaban J connectivity index is 2.18. The number of nitrogens with zero attached hydrogens (tertiary/aromatic N) is 2. The fourth-order valence-electron chi connectivity index (χ4n) is 2.89. The number of benzene rings is 2. The fraction of sp³-hybridized carbons (Fsp3) is 0.214. The van der Waals surface area contributed by atoms with Crippen molar-refractivity contribution in [3.63, 3.8) is 0 Å². The number of nitriles is 2. The molecule has 0 bridgehead atoms. The van der Waals surface area contributed by atoms with E-state index in [1.807, 2.05) is 12.1 Å². The van der Waals surface area contributed by atoms with Crippen LogP contribution >= 0.6 is 0 Å². The van der Waals surface area contributed by atoms with Gasteiger partial charge in [0.05, 0.1) is 13.7 Å². The molecule has 1 amide bonds. The summed E-state index contributed by atoms with van der Waals surface area (Å²) in [5, 5.41) is 21.3. The number of carbonyl (C=O) groups is 2. The molecule has 1 N–H and O–H groups in total. The third-order valence-electron chi connectivity index (χ3n) is 4.77. The molecule has 2 aromatic rings. The molecular formula is C28H27N3O5. The standard InChI is InChI=1S/C28H27N3O5/c1-4-6-14-35-24-10-7-20(8-11-24)15-23(19-30)28(33)36-25-12-9-21(17-26(25)34-3)16-22(18-29)27(32)31-13-5-2/h5,7-12,15-17H,2,4,6,13-14H2,1,3H3,(H,31,32). The largest absolute Gasteiger partial charge is 0.494 e. The second-order valence-electron chi connectivity index (χ2n) is 7.41. The first kappa shape index (κ1) is 27.4. The van der Waals surface area contributed by atoms with Crippen molar-refractivity contribution in [1.29, 1.82) is 10.5 Å². The maximum atomic E-state index is 12.6. The first-order valence-electron chi connectivity index (χ1n) is 11.2. The van der Waals surface area contributed by atoms with Crippen LogP contribution in [0.3, 0.4) is 0 Å². The smallest absolute Gasteiger partial charge is 0.354 e. The number of nitrogens with one attached hydrogen (secondary N) is 1. The van der Waals surface area contributed by atoms with Crippen LogP contribution in [0, 0.1) is 22.7 Å². The summed E-state index contributed by atoms with van der Waals surface area (Å²) < 4.78 is 16.3. The van der Waals surface area contributed by atoms with Gasteiger partial charge < -0.3 is 19.5 Å². The molecule has 8 nitrogen and oxygen atoms in total. The van der Waals surface area contributed by atoms with Crippen LogP contribution in [-0.4, -0.2) is 32.1 Å². The van der Waals surface area contributed by atoms with Crippen LogP contribution < -0.4 is 19.5 Å². The van der Waals surface area contributed by atoms with Crippen molar-refractivity contribution in [3.8, 4) is 29.4 Å². The molecule has 0 radical (unpaired) electrons. The first-order valence-corrected chi connectivity index (χ1v) is 11.2. The molecule has 0 spiro atoms. The van der Waals surface area contributed by atoms with Gasteiger partial charge in [0, 0.05) is 6.54 Å². The summed E-state index contributed by atoms with van der Waals surface area (Å²) >= 11 is 0. The third kappa shape index (κ3) is 8.19. The topological polar surface area (TPSA) is 121 Å². The van der Waals surface area contributed by atoms with Gasteiger partial charge in [0.1, 0.15) is 29.0 Å². The molecule has 0 fully saturated rings. The quantitative estimate of drug-likeness (QED) is 0.116. The Bertz CT molecular complexity index is 1230. The minimum absolute atomic E-state index is 0.0788. The highest BCUT2D eigenvalue weighted by Crippen LogP contribution is 2.30. The number of hydrogen-bond donors (Lipinski definition) is 1. The number of amides is 1. The average Bonchev–Trinajstić information content (AvgIpc) is 2.90. The summed E-state index contributed by atoms with van der Waals surface area (Å²) in [5.41, 5.74) is 0.804. The van der Waals surface area contributed by atoms with Gasteiger partial charge in [-0.2, -0.15) is 10.5 Å². The molecular weight excluding hydrogens is 458 g/mol. The summed E-state index contributed by atoms with van der Waals surface area (Å²) in [6.45, 7) is 6.44. The van der Waals surface area contributed by atoms with E-state index in [0.717, 1.165) is 12.8 Å². The number of unbranched alkanes of at least 4 members (excludes halogenated alkanes) is 1. The predicted molar refractivity (Wildman–Crippen MR) is 136 cm³/mol. The SMILES string of the molecule is C=CCNC(=O)C(C#N)=Cc1ccc(OC(=O)C(C#N)=Cc2ccc(OCCCC)cc2)c(OC)c1. The third-order valence-corrected chi connectivity index (χ3v) is 4.77. The Morgan fingerprint density at radius 3 is 2.28 bits per heavy atom. The number of carbonyl (C=O) groups excluding carboxylic acids is 2. The van der Waals surface area contributed by atoms with Crippen LogP contribution in [0.25, 0.3) is 12.2 Å². The number of hydrogen-bond acceptors (Lipinski definition) is 7. The maximum absolute atomic E-state index is 12.6. The molecule has 0 aliphatic heterocycles. The summed E-state index contributed by atoms with van der Waals surface area (Å²) in [7, 11) is 1.38. The highest BCUT2D eigenvalue weighted by Gasteiger charge is 2.16. The van der Waals surface area contributed by atoms with Gasteiger partial charge in [-0.05, 0) is 54.0 Å². The lowest BCUT2D eigenvalue weighted by Gasteiger charge is -2.10. The van der Waals surface area contributed by atoms with Gasteiger partial charge in [-0.1, -0.05) is 37.6 Å². The molecule has 0 aromatic heterocycles. The van der Waals surface area contributed by atoms with E-state index in [1.54, 1.807) is 30.3 Å². The van der Waals surface area contributed by atoms with E-state index in [2.05, 4.69) is 18.8 Å². The lowest BCUT2D eigenvalue weighted by Crippen LogP contribution is -2.24. The second-order valence-corrected chi connectivity index (χ2v) is 7.41. The Labute approximate surface area is 210 Å². The fourth-order valence-corrected chi connectivity index (χ4v) is 2.89. The van der Waals surface area contributed by atoms with Crippen LogP contribution in [0.4, 0.5) is 0 Å². The van der Waals surface area contributed by atoms with Gasteiger partial charge in [0.25, 0.3) is 5.91 Å². The molecule has 8 heteroatoms. The zero-order valence-corrected chi connectivity index (χ0v) is 20.2. The molecule has 0 saturated heterocycles. The molecule has 0 unspecified atom stereocenters. The van der Waals surface area contributed by atoms with E-state index in [4.69, 9.17) is 14.2 Å². The van der Waals surface area contributed by atoms with E-state index >= 15 is 0 Å². The van der Waals surface area contributed by atoms with Crippen molar-refractivity contribution in [1.82, 2.24) is 5.32 Å². The van der Waals surface area contributed by atoms with Gasteiger partial charge in [-0.25, -0.2) is 4.79 Å². The summed E-state index contributed by atoms with van der Waals surface area (Å²) in [6.07, 6.45) is 6.29. The van der Waals surface area contributed by atoms with Crippen molar-refractivity contribution in [2.45, 2.75) is 19.8 Å². The van der Waals surface area contributed by atoms with Crippen molar-refractivity contribution < 1.29 is 23.8 Å². The second kappa shape index (κ2) is 14.4. The number of rotatable bonds is 12. The Kier molecular flexibility index (Phi) is 11.0. The van der Waals surface area contributed by atoms with Crippen LogP contribution in [0.15, 0.2) is 66.3 Å². The summed E-state index contributed by atoms with van der Waals surface area (Å²) in [4.78, 5) is 24.7. The molecule has 0 aliphatic carbocycles. The number of ether oxygens (including phenoxy) is 3. The average molecular weight is 486 g/mol. The monoisotopic (exact) mass is 485 g/mol. The molecule has 184 valence electrons. The van der Waals surface area contributed by atoms with Crippen LogP contribution in [0.2, 0.25) is 0 Å². The van der Waals surface area contributed by atoms with Crippen molar-refractivity contribution in [3.05, 3.63) is 77.4 Å². The molecule has 2 aromatic carbocycles. The van der Waals surface area contributed by atoms with Crippen molar-refractivity contribution in [2.24, 2.45) is 0 Å². The highest BCUT2D eigenvalue weighted by molar-refractivity contribution is 6.02. The van der Waals surface area contributed by atoms with Gasteiger partial charge in [-0.3, -0.25) is 4.79 Å². The van der Waals surface area contributed by atoms with E-state index in [9.17, 15) is 20.1 Å². The van der Waals surface area contributed by atoms with Gasteiger partial charge in [-0.15, -0.1) is 6.58 Å². The van der Waals surface area contributed by atoms with Gasteiger partial charge in [0.15, 0.2) is 11.5 Å². The van der Waals surface area contributed by atoms with Gasteiger partial charge >= 0.3 is 5.97 Å². The Hall–Kier alpha value is -4.82. The molecule has 0 heterocycles.